The number of esters is 1. The highest BCUT2D eigenvalue weighted by molar-refractivity contribution is 5.98. The van der Waals surface area contributed by atoms with Gasteiger partial charge in [0.15, 0.2) is 0 Å². The zero-order valence-electron chi connectivity index (χ0n) is 27.5. The molecule has 10 heteroatoms. The van der Waals surface area contributed by atoms with Crippen molar-refractivity contribution in [2.24, 2.45) is 11.8 Å². The number of fused-ring (bicyclic) bond motifs is 1. The summed E-state index contributed by atoms with van der Waals surface area (Å²) in [5.74, 6) is -2.79. The zero-order chi connectivity index (χ0) is 33.4. The maximum absolute atomic E-state index is 14.7. The summed E-state index contributed by atoms with van der Waals surface area (Å²) >= 11 is 0. The Balaban J connectivity index is 1.41. The first kappa shape index (κ1) is 34.8. The minimum atomic E-state index is -1.12. The summed E-state index contributed by atoms with van der Waals surface area (Å²) < 4.78 is 12.8. The molecule has 3 heterocycles. The topological polar surface area (TPSA) is 125 Å². The maximum atomic E-state index is 14.7. The van der Waals surface area contributed by atoms with Crippen LogP contribution < -0.4 is 5.32 Å². The number of benzene rings is 1. The number of ether oxygens (including phenoxy) is 2. The largest absolute Gasteiger partial charge is 0.455 e. The number of allylic oxidation sites excluding steroid dienone is 1. The van der Waals surface area contributed by atoms with Crippen molar-refractivity contribution in [1.82, 2.24) is 15.1 Å². The van der Waals surface area contributed by atoms with E-state index >= 15 is 0 Å². The number of aliphatic hydroxyl groups excluding tert-OH is 1. The van der Waals surface area contributed by atoms with E-state index in [0.717, 1.165) is 37.7 Å². The summed E-state index contributed by atoms with van der Waals surface area (Å²) in [5, 5.41) is 12.2. The Bertz CT molecular complexity index is 1280. The van der Waals surface area contributed by atoms with Crippen molar-refractivity contribution in [3.05, 3.63) is 61.2 Å². The molecule has 2 N–H and O–H groups in total. The van der Waals surface area contributed by atoms with Gasteiger partial charge in [-0.1, -0.05) is 61.7 Å². The third-order valence-corrected chi connectivity index (χ3v) is 10.5. The van der Waals surface area contributed by atoms with Gasteiger partial charge in [0, 0.05) is 32.2 Å². The van der Waals surface area contributed by atoms with Crippen LogP contribution in [0.15, 0.2) is 55.6 Å². The summed E-state index contributed by atoms with van der Waals surface area (Å²) in [4.78, 5) is 59.2. The Morgan fingerprint density at radius 2 is 1.85 bits per heavy atom. The fraction of sp³-hybridized carbons (Fsp3) is 0.622. The molecule has 0 radical (unpaired) electrons. The quantitative estimate of drug-likeness (QED) is 0.147. The molecule has 10 nitrogen and oxygen atoms in total. The second-order valence-corrected chi connectivity index (χ2v) is 13.4. The average Bonchev–Trinajstić information content (AvgIpc) is 3.74. The van der Waals surface area contributed by atoms with Gasteiger partial charge < -0.3 is 29.7 Å². The highest BCUT2D eigenvalue weighted by atomic mass is 16.6. The van der Waals surface area contributed by atoms with Gasteiger partial charge >= 0.3 is 5.97 Å². The van der Waals surface area contributed by atoms with Crippen LogP contribution in [0.5, 0.6) is 0 Å². The first-order valence-electron chi connectivity index (χ1n) is 17.5. The lowest BCUT2D eigenvalue weighted by atomic mass is 9.70. The van der Waals surface area contributed by atoms with Gasteiger partial charge in [-0.3, -0.25) is 19.2 Å². The molecule has 1 spiro atoms. The molecular formula is C37H51N3O7. The van der Waals surface area contributed by atoms with Crippen LogP contribution in [-0.4, -0.2) is 88.6 Å². The van der Waals surface area contributed by atoms with Crippen LogP contribution in [-0.2, 0) is 28.7 Å². The lowest BCUT2D eigenvalue weighted by molar-refractivity contribution is -0.160. The van der Waals surface area contributed by atoms with Gasteiger partial charge in [-0.25, -0.2) is 0 Å². The summed E-state index contributed by atoms with van der Waals surface area (Å²) in [6.45, 7) is 8.48. The fourth-order valence-electron chi connectivity index (χ4n) is 8.26. The van der Waals surface area contributed by atoms with Gasteiger partial charge in [0.25, 0.3) is 0 Å². The third-order valence-electron chi connectivity index (χ3n) is 10.5. The van der Waals surface area contributed by atoms with E-state index in [1.54, 1.807) is 17.1 Å². The van der Waals surface area contributed by atoms with Crippen LogP contribution in [0.3, 0.4) is 0 Å². The molecule has 47 heavy (non-hydrogen) atoms. The predicted molar refractivity (Wildman–Crippen MR) is 177 cm³/mol. The Hall–Kier alpha value is -3.50. The smallest absolute Gasteiger partial charge is 0.313 e. The van der Waals surface area contributed by atoms with Crippen molar-refractivity contribution in [3.8, 4) is 0 Å². The Morgan fingerprint density at radius 1 is 1.09 bits per heavy atom. The first-order valence-corrected chi connectivity index (χ1v) is 17.5. The fourth-order valence-corrected chi connectivity index (χ4v) is 8.26. The minimum Gasteiger partial charge on any atom is -0.455 e. The van der Waals surface area contributed by atoms with Gasteiger partial charge in [0.2, 0.25) is 17.7 Å². The minimum absolute atomic E-state index is 0.0632. The molecule has 3 saturated heterocycles. The van der Waals surface area contributed by atoms with E-state index in [-0.39, 0.29) is 43.3 Å². The molecule has 5 rings (SSSR count). The molecule has 1 aliphatic carbocycles. The highest BCUT2D eigenvalue weighted by Gasteiger charge is 2.75. The molecule has 4 fully saturated rings. The second-order valence-electron chi connectivity index (χ2n) is 13.4. The van der Waals surface area contributed by atoms with E-state index < -0.39 is 41.7 Å². The lowest BCUT2D eigenvalue weighted by Gasteiger charge is -2.40. The van der Waals surface area contributed by atoms with Gasteiger partial charge in [0.05, 0.1) is 24.5 Å². The van der Waals surface area contributed by atoms with Crippen LogP contribution in [0.25, 0.3) is 0 Å². The number of rotatable bonds is 17. The number of hydrogen-bond acceptors (Lipinski definition) is 7. The van der Waals surface area contributed by atoms with E-state index in [0.29, 0.717) is 51.6 Å². The van der Waals surface area contributed by atoms with E-state index in [1.807, 2.05) is 35.2 Å². The second kappa shape index (κ2) is 16.1. The average molecular weight is 650 g/mol. The number of amides is 3. The van der Waals surface area contributed by atoms with Crippen molar-refractivity contribution >= 4 is 23.7 Å². The molecule has 3 aliphatic heterocycles. The number of aliphatic hydroxyl groups is 1. The monoisotopic (exact) mass is 649 g/mol. The van der Waals surface area contributed by atoms with Crippen molar-refractivity contribution in [1.29, 1.82) is 0 Å². The Morgan fingerprint density at radius 3 is 2.55 bits per heavy atom. The molecule has 1 aromatic carbocycles. The van der Waals surface area contributed by atoms with Gasteiger partial charge in [-0.2, -0.15) is 0 Å². The first-order chi connectivity index (χ1) is 22.9. The van der Waals surface area contributed by atoms with E-state index in [1.165, 1.54) is 0 Å². The predicted octanol–water partition coefficient (Wildman–Crippen LogP) is 4.24. The molecule has 3 amide bonds. The van der Waals surface area contributed by atoms with Crippen molar-refractivity contribution in [3.63, 3.8) is 0 Å². The van der Waals surface area contributed by atoms with Crippen LogP contribution in [0, 0.1) is 11.8 Å². The molecule has 2 bridgehead atoms. The van der Waals surface area contributed by atoms with Crippen LogP contribution in [0.1, 0.15) is 88.7 Å². The number of unbranched alkanes of at least 4 members (excludes halogenated alkanes) is 2. The van der Waals surface area contributed by atoms with Crippen molar-refractivity contribution in [2.45, 2.75) is 107 Å². The number of likely N-dealkylation sites (tertiary alicyclic amines) is 1. The highest BCUT2D eigenvalue weighted by Crippen LogP contribution is 2.59. The molecule has 0 aromatic heterocycles. The number of nitrogens with one attached hydrogen (secondary N) is 1. The van der Waals surface area contributed by atoms with Crippen molar-refractivity contribution in [2.75, 3.05) is 26.2 Å². The standard InChI is InChI=1S/C37H51N3O7/c1-3-5-19-30(42)38-25-29(26-15-9-6-10-16-26)46-36(45)31-28-20-21-37(47-28)32(31)34(43)40(23-13-8-14-24-41)33(37)35(44)39(22-4-2)27-17-11-7-12-18-27/h3-4,6,9-10,15-16,27-29,31-33,41H,1-2,5,7-8,11-14,17-25H2,(H,38,42)/t28-,29+,31+,32+,33-,37+/m1/s1. The van der Waals surface area contributed by atoms with E-state index in [9.17, 15) is 24.3 Å². The molecule has 256 valence electrons. The van der Waals surface area contributed by atoms with E-state index in [4.69, 9.17) is 9.47 Å². The number of hydrogen-bond donors (Lipinski definition) is 2. The molecule has 4 aliphatic rings. The third kappa shape index (κ3) is 7.33. The van der Waals surface area contributed by atoms with Crippen LogP contribution in [0.2, 0.25) is 0 Å². The molecule has 0 unspecified atom stereocenters. The number of carbonyl (C=O) groups excluding carboxylic acids is 4. The molecule has 1 aromatic rings. The summed E-state index contributed by atoms with van der Waals surface area (Å²) in [7, 11) is 0. The maximum Gasteiger partial charge on any atom is 0.313 e. The lowest BCUT2D eigenvalue weighted by Crippen LogP contribution is -2.58. The van der Waals surface area contributed by atoms with Gasteiger partial charge in [0.1, 0.15) is 17.7 Å². The Labute approximate surface area is 278 Å². The Kier molecular flexibility index (Phi) is 11.9. The SMILES string of the molecule is C=CCCC(=O)NC[C@H](OC(=O)[C@@H]1[C@H]2C(=O)N(CCCCCO)[C@H](C(=O)N(CC=C)C3CCCCC3)[C@]23CC[C@H]1O3)c1ccccc1. The summed E-state index contributed by atoms with van der Waals surface area (Å²) in [6.07, 6.45) is 11.0. The van der Waals surface area contributed by atoms with Crippen molar-refractivity contribution < 1.29 is 33.8 Å². The zero-order valence-corrected chi connectivity index (χ0v) is 27.5. The van der Waals surface area contributed by atoms with Gasteiger partial charge in [-0.05, 0) is 56.9 Å². The van der Waals surface area contributed by atoms with Crippen LogP contribution in [0.4, 0.5) is 0 Å². The molecule has 1 saturated carbocycles. The van der Waals surface area contributed by atoms with Crippen LogP contribution >= 0.6 is 0 Å². The molecule has 6 atom stereocenters. The molecular weight excluding hydrogens is 598 g/mol. The number of nitrogens with zero attached hydrogens (tertiary/aromatic N) is 2. The summed E-state index contributed by atoms with van der Waals surface area (Å²) in [6, 6.07) is 8.48. The normalized spacial score (nSPS) is 27.3. The summed E-state index contributed by atoms with van der Waals surface area (Å²) in [5.41, 5.74) is -0.387. The number of carbonyl (C=O) groups is 4. The van der Waals surface area contributed by atoms with Gasteiger partial charge in [-0.15, -0.1) is 13.2 Å². The van der Waals surface area contributed by atoms with E-state index in [2.05, 4.69) is 18.5 Å².